The predicted octanol–water partition coefficient (Wildman–Crippen LogP) is 4.99. The molecule has 3 rings (SSSR count). The second kappa shape index (κ2) is 9.30. The molecule has 0 heterocycles. The predicted molar refractivity (Wildman–Crippen MR) is 118 cm³/mol. The Kier molecular flexibility index (Phi) is 6.57. The first-order valence-corrected chi connectivity index (χ1v) is 10.1. The summed E-state index contributed by atoms with van der Waals surface area (Å²) in [6, 6.07) is 19.7. The fourth-order valence-corrected chi connectivity index (χ4v) is 3.54. The summed E-state index contributed by atoms with van der Waals surface area (Å²) in [4.78, 5) is 25.6. The van der Waals surface area contributed by atoms with Crippen LogP contribution < -0.4 is 10.6 Å². The van der Waals surface area contributed by atoms with Crippen molar-refractivity contribution in [2.45, 2.75) is 18.7 Å². The molecule has 3 aromatic rings. The summed E-state index contributed by atoms with van der Waals surface area (Å²) >= 11 is 1.29. The summed E-state index contributed by atoms with van der Waals surface area (Å²) in [6.07, 6.45) is 0. The van der Waals surface area contributed by atoms with E-state index in [2.05, 4.69) is 10.6 Å². The first-order chi connectivity index (χ1) is 13.9. The first-order valence-electron chi connectivity index (χ1n) is 9.11. The lowest BCUT2D eigenvalue weighted by Gasteiger charge is -2.11. The number of phenolic OH excluding ortho intramolecular Hbond substituents is 1. The van der Waals surface area contributed by atoms with E-state index in [9.17, 15) is 14.7 Å². The van der Waals surface area contributed by atoms with Crippen LogP contribution in [0.5, 0.6) is 5.75 Å². The van der Waals surface area contributed by atoms with E-state index in [0.29, 0.717) is 16.1 Å². The molecule has 0 radical (unpaired) electrons. The number of phenols is 1. The largest absolute Gasteiger partial charge is 0.506 e. The Morgan fingerprint density at radius 2 is 1.59 bits per heavy atom. The van der Waals surface area contributed by atoms with Gasteiger partial charge in [-0.3, -0.25) is 9.59 Å². The van der Waals surface area contributed by atoms with Gasteiger partial charge in [0.1, 0.15) is 5.75 Å². The Hall–Kier alpha value is -3.25. The molecule has 0 unspecified atom stereocenters. The number of anilines is 2. The van der Waals surface area contributed by atoms with Crippen molar-refractivity contribution in [3.8, 4) is 5.75 Å². The first kappa shape index (κ1) is 20.5. The zero-order valence-corrected chi connectivity index (χ0v) is 17.0. The molecule has 0 aliphatic rings. The van der Waals surface area contributed by atoms with Crippen LogP contribution in [0.25, 0.3) is 0 Å². The number of hydrogen-bond acceptors (Lipinski definition) is 4. The summed E-state index contributed by atoms with van der Waals surface area (Å²) in [7, 11) is 0. The van der Waals surface area contributed by atoms with Crippen LogP contribution in [0.4, 0.5) is 11.4 Å². The molecule has 3 aromatic carbocycles. The van der Waals surface area contributed by atoms with E-state index in [1.165, 1.54) is 11.8 Å². The summed E-state index contributed by atoms with van der Waals surface area (Å²) in [5.41, 5.74) is 3.55. The van der Waals surface area contributed by atoms with Gasteiger partial charge < -0.3 is 15.7 Å². The van der Waals surface area contributed by atoms with Crippen molar-refractivity contribution < 1.29 is 14.7 Å². The average molecular weight is 407 g/mol. The average Bonchev–Trinajstić information content (AvgIpc) is 2.70. The Morgan fingerprint density at radius 1 is 0.897 bits per heavy atom. The normalized spacial score (nSPS) is 10.4. The van der Waals surface area contributed by atoms with Gasteiger partial charge in [0, 0.05) is 10.6 Å². The topological polar surface area (TPSA) is 78.4 Å². The zero-order chi connectivity index (χ0) is 20.8. The second-order valence-corrected chi connectivity index (χ2v) is 7.69. The van der Waals surface area contributed by atoms with Gasteiger partial charge in [0.2, 0.25) is 5.91 Å². The van der Waals surface area contributed by atoms with E-state index in [-0.39, 0.29) is 23.3 Å². The van der Waals surface area contributed by atoms with Crippen LogP contribution in [-0.4, -0.2) is 22.7 Å². The van der Waals surface area contributed by atoms with Gasteiger partial charge >= 0.3 is 0 Å². The highest BCUT2D eigenvalue weighted by Crippen LogP contribution is 2.27. The highest BCUT2D eigenvalue weighted by molar-refractivity contribution is 8.00. The van der Waals surface area contributed by atoms with Gasteiger partial charge in [-0.1, -0.05) is 35.9 Å². The summed E-state index contributed by atoms with van der Waals surface area (Å²) in [6.45, 7) is 3.85. The number of nitrogens with one attached hydrogen (secondary N) is 2. The van der Waals surface area contributed by atoms with Gasteiger partial charge in [0.25, 0.3) is 5.91 Å². The number of aromatic hydroxyl groups is 1. The standard InChI is InChI=1S/C23H22N2O3S/c1-15-7-10-17(11-8-15)24-22(27)14-29-21-6-4-3-5-18(21)23(28)25-19-12-9-16(2)13-20(19)26/h3-13,26H,14H2,1-2H3,(H,24,27)(H,25,28). The Bertz CT molecular complexity index is 1030. The fraction of sp³-hybridized carbons (Fsp3) is 0.130. The number of carbonyl (C=O) groups excluding carboxylic acids is 2. The van der Waals surface area contributed by atoms with Crippen LogP contribution in [-0.2, 0) is 4.79 Å². The van der Waals surface area contributed by atoms with Crippen LogP contribution in [0.3, 0.4) is 0 Å². The second-order valence-electron chi connectivity index (χ2n) is 6.67. The molecule has 0 saturated heterocycles. The molecule has 3 N–H and O–H groups in total. The van der Waals surface area contributed by atoms with Crippen molar-refractivity contribution in [3.05, 3.63) is 83.4 Å². The molecule has 2 amide bonds. The van der Waals surface area contributed by atoms with Crippen molar-refractivity contribution in [3.63, 3.8) is 0 Å². The van der Waals surface area contributed by atoms with E-state index in [0.717, 1.165) is 16.8 Å². The van der Waals surface area contributed by atoms with Gasteiger partial charge in [0.15, 0.2) is 0 Å². The minimum atomic E-state index is -0.341. The molecule has 0 aliphatic heterocycles. The minimum absolute atomic E-state index is 0.0148. The maximum Gasteiger partial charge on any atom is 0.256 e. The molecule has 5 nitrogen and oxygen atoms in total. The molecule has 0 spiro atoms. The smallest absolute Gasteiger partial charge is 0.256 e. The molecule has 148 valence electrons. The number of thioether (sulfide) groups is 1. The van der Waals surface area contributed by atoms with Gasteiger partial charge in [-0.2, -0.15) is 0 Å². The van der Waals surface area contributed by atoms with E-state index >= 15 is 0 Å². The van der Waals surface area contributed by atoms with Crippen molar-refractivity contribution in [2.24, 2.45) is 0 Å². The minimum Gasteiger partial charge on any atom is -0.506 e. The van der Waals surface area contributed by atoms with Crippen molar-refractivity contribution in [2.75, 3.05) is 16.4 Å². The van der Waals surface area contributed by atoms with Gasteiger partial charge in [-0.15, -0.1) is 11.8 Å². The molecule has 0 saturated carbocycles. The van der Waals surface area contributed by atoms with Gasteiger partial charge in [-0.25, -0.2) is 0 Å². The Balaban J connectivity index is 1.65. The highest BCUT2D eigenvalue weighted by atomic mass is 32.2. The van der Waals surface area contributed by atoms with E-state index in [4.69, 9.17) is 0 Å². The van der Waals surface area contributed by atoms with E-state index < -0.39 is 0 Å². The third kappa shape index (κ3) is 5.62. The number of carbonyl (C=O) groups is 2. The Labute approximate surface area is 174 Å². The highest BCUT2D eigenvalue weighted by Gasteiger charge is 2.14. The molecule has 0 atom stereocenters. The van der Waals surface area contributed by atoms with Crippen LogP contribution in [0.2, 0.25) is 0 Å². The third-order valence-corrected chi connectivity index (χ3v) is 5.30. The summed E-state index contributed by atoms with van der Waals surface area (Å²) < 4.78 is 0. The quantitative estimate of drug-likeness (QED) is 0.398. The van der Waals surface area contributed by atoms with Crippen molar-refractivity contribution in [1.29, 1.82) is 0 Å². The number of rotatable bonds is 6. The van der Waals surface area contributed by atoms with E-state index in [1.807, 2.05) is 50.2 Å². The lowest BCUT2D eigenvalue weighted by atomic mass is 10.2. The number of aryl methyl sites for hydroxylation is 2. The lowest BCUT2D eigenvalue weighted by Crippen LogP contribution is -2.16. The van der Waals surface area contributed by atoms with Crippen LogP contribution >= 0.6 is 11.8 Å². The fourth-order valence-electron chi connectivity index (χ4n) is 2.69. The van der Waals surface area contributed by atoms with Crippen LogP contribution in [0.15, 0.2) is 71.6 Å². The maximum atomic E-state index is 12.7. The Morgan fingerprint density at radius 3 is 2.31 bits per heavy atom. The lowest BCUT2D eigenvalue weighted by molar-refractivity contribution is -0.113. The molecule has 0 fully saturated rings. The van der Waals surface area contributed by atoms with Gasteiger partial charge in [-0.05, 0) is 55.8 Å². The molecular weight excluding hydrogens is 384 g/mol. The maximum absolute atomic E-state index is 12.7. The van der Waals surface area contributed by atoms with Crippen LogP contribution in [0, 0.1) is 13.8 Å². The molecule has 6 heteroatoms. The molecular formula is C23H22N2O3S. The monoisotopic (exact) mass is 406 g/mol. The number of benzene rings is 3. The van der Waals surface area contributed by atoms with E-state index in [1.54, 1.807) is 30.3 Å². The number of amides is 2. The van der Waals surface area contributed by atoms with Crippen molar-refractivity contribution >= 4 is 35.0 Å². The molecule has 0 aromatic heterocycles. The molecule has 0 bridgehead atoms. The summed E-state index contributed by atoms with van der Waals surface area (Å²) in [5, 5.41) is 15.6. The van der Waals surface area contributed by atoms with Crippen molar-refractivity contribution in [1.82, 2.24) is 0 Å². The molecule has 0 aliphatic carbocycles. The summed E-state index contributed by atoms with van der Waals surface area (Å²) in [5.74, 6) is -0.300. The number of hydrogen-bond donors (Lipinski definition) is 3. The van der Waals surface area contributed by atoms with Crippen LogP contribution in [0.1, 0.15) is 21.5 Å². The SMILES string of the molecule is Cc1ccc(NC(=O)CSc2ccccc2C(=O)Nc2ccc(C)cc2O)cc1. The zero-order valence-electron chi connectivity index (χ0n) is 16.2. The van der Waals surface area contributed by atoms with Gasteiger partial charge in [0.05, 0.1) is 17.0 Å². The molecule has 29 heavy (non-hydrogen) atoms. The third-order valence-electron chi connectivity index (χ3n) is 4.23.